The third-order valence-electron chi connectivity index (χ3n) is 3.05. The van der Waals surface area contributed by atoms with E-state index in [1.807, 2.05) is 0 Å². The summed E-state index contributed by atoms with van der Waals surface area (Å²) in [7, 11) is 0. The molecule has 14 heavy (non-hydrogen) atoms. The predicted octanol–water partition coefficient (Wildman–Crippen LogP) is 3.66. The molecular formula is C13H19N. The molecule has 0 aromatic carbocycles. The smallest absolute Gasteiger partial charge is 0.0441 e. The van der Waals surface area contributed by atoms with Crippen LogP contribution in [0.15, 0.2) is 17.8 Å². The average Bonchev–Trinajstić information content (AvgIpc) is 2.57. The first kappa shape index (κ1) is 9.57. The van der Waals surface area contributed by atoms with Gasteiger partial charge in [-0.2, -0.15) is 0 Å². The lowest BCUT2D eigenvalue weighted by atomic mass is 10.0. The lowest BCUT2D eigenvalue weighted by molar-refractivity contribution is 0.683. The molecule has 2 heterocycles. The fourth-order valence-electron chi connectivity index (χ4n) is 1.90. The zero-order valence-electron chi connectivity index (χ0n) is 9.54. The highest BCUT2D eigenvalue weighted by Gasteiger charge is 2.16. The fourth-order valence-corrected chi connectivity index (χ4v) is 1.90. The van der Waals surface area contributed by atoms with Gasteiger partial charge in [0.1, 0.15) is 0 Å². The molecule has 1 aromatic rings. The van der Waals surface area contributed by atoms with E-state index in [4.69, 9.17) is 0 Å². The van der Waals surface area contributed by atoms with Crippen LogP contribution in [0.2, 0.25) is 0 Å². The average molecular weight is 189 g/mol. The van der Waals surface area contributed by atoms with Crippen LogP contribution < -0.4 is 0 Å². The first-order valence-electron chi connectivity index (χ1n) is 5.48. The van der Waals surface area contributed by atoms with Crippen molar-refractivity contribution in [3.63, 3.8) is 0 Å². The summed E-state index contributed by atoms with van der Waals surface area (Å²) in [5, 5.41) is 0. The lowest BCUT2D eigenvalue weighted by Crippen LogP contribution is -1.99. The molecule has 0 N–H and O–H groups in total. The van der Waals surface area contributed by atoms with Crippen molar-refractivity contribution in [2.45, 2.75) is 40.2 Å². The van der Waals surface area contributed by atoms with Crippen molar-refractivity contribution in [2.75, 3.05) is 0 Å². The third-order valence-corrected chi connectivity index (χ3v) is 3.05. The first-order chi connectivity index (χ1) is 6.58. The number of allylic oxidation sites excluding steroid dienone is 1. The zero-order valence-corrected chi connectivity index (χ0v) is 9.54. The Morgan fingerprint density at radius 3 is 2.36 bits per heavy atom. The van der Waals surface area contributed by atoms with Crippen molar-refractivity contribution in [2.24, 2.45) is 5.92 Å². The topological polar surface area (TPSA) is 4.93 Å². The molecule has 0 radical (unpaired) electrons. The molecule has 0 aliphatic carbocycles. The molecule has 1 aliphatic heterocycles. The molecule has 1 aromatic heterocycles. The molecule has 1 aliphatic rings. The van der Waals surface area contributed by atoms with Crippen molar-refractivity contribution < 1.29 is 0 Å². The van der Waals surface area contributed by atoms with Gasteiger partial charge in [0.05, 0.1) is 0 Å². The van der Waals surface area contributed by atoms with E-state index in [0.29, 0.717) is 11.8 Å². The standard InChI is InChI=1S/C13H19N/c1-9(2)11-5-13-6-12(10(3)4)8-14(13)7-11/h5-7,9-10H,8H2,1-4H3. The van der Waals surface area contributed by atoms with Gasteiger partial charge in [0.15, 0.2) is 0 Å². The quantitative estimate of drug-likeness (QED) is 0.669. The normalized spacial score (nSPS) is 15.1. The lowest BCUT2D eigenvalue weighted by Gasteiger charge is -2.06. The molecule has 0 bridgehead atoms. The summed E-state index contributed by atoms with van der Waals surface area (Å²) in [6, 6.07) is 2.32. The van der Waals surface area contributed by atoms with E-state index in [1.54, 1.807) is 5.57 Å². The monoisotopic (exact) mass is 189 g/mol. The molecular weight excluding hydrogens is 170 g/mol. The van der Waals surface area contributed by atoms with E-state index in [1.165, 1.54) is 11.3 Å². The molecule has 0 amide bonds. The van der Waals surface area contributed by atoms with Crippen molar-refractivity contribution in [3.05, 3.63) is 29.1 Å². The summed E-state index contributed by atoms with van der Waals surface area (Å²) in [5.74, 6) is 1.32. The second-order valence-corrected chi connectivity index (χ2v) is 4.85. The molecule has 2 rings (SSSR count). The number of nitrogens with zero attached hydrogens (tertiary/aromatic N) is 1. The third kappa shape index (κ3) is 1.52. The first-order valence-corrected chi connectivity index (χ1v) is 5.48. The van der Waals surface area contributed by atoms with Gasteiger partial charge in [-0.15, -0.1) is 0 Å². The molecule has 0 unspecified atom stereocenters. The second kappa shape index (κ2) is 3.30. The van der Waals surface area contributed by atoms with Gasteiger partial charge in [0, 0.05) is 18.4 Å². The molecule has 0 spiro atoms. The largest absolute Gasteiger partial charge is 0.344 e. The number of rotatable bonds is 2. The number of fused-ring (bicyclic) bond motifs is 1. The molecule has 1 nitrogen and oxygen atoms in total. The van der Waals surface area contributed by atoms with Gasteiger partial charge in [0.25, 0.3) is 0 Å². The molecule has 0 atom stereocenters. The van der Waals surface area contributed by atoms with Crippen LogP contribution in [0.4, 0.5) is 0 Å². The summed E-state index contributed by atoms with van der Waals surface area (Å²) in [4.78, 5) is 0. The van der Waals surface area contributed by atoms with Crippen LogP contribution in [0.3, 0.4) is 0 Å². The molecule has 0 fully saturated rings. The van der Waals surface area contributed by atoms with E-state index < -0.39 is 0 Å². The Kier molecular flexibility index (Phi) is 2.26. The van der Waals surface area contributed by atoms with E-state index in [9.17, 15) is 0 Å². The van der Waals surface area contributed by atoms with Crippen molar-refractivity contribution >= 4 is 6.08 Å². The van der Waals surface area contributed by atoms with Crippen LogP contribution in [-0.2, 0) is 6.54 Å². The van der Waals surface area contributed by atoms with E-state index in [2.05, 4.69) is 50.6 Å². The van der Waals surface area contributed by atoms with Gasteiger partial charge in [-0.1, -0.05) is 27.7 Å². The summed E-state index contributed by atoms with van der Waals surface area (Å²) in [6.45, 7) is 10.1. The summed E-state index contributed by atoms with van der Waals surface area (Å²) in [6.07, 6.45) is 4.64. The van der Waals surface area contributed by atoms with Crippen LogP contribution in [0, 0.1) is 5.92 Å². The molecule has 0 saturated heterocycles. The van der Waals surface area contributed by atoms with Gasteiger partial charge in [0.2, 0.25) is 0 Å². The molecule has 1 heteroatoms. The van der Waals surface area contributed by atoms with E-state index in [0.717, 1.165) is 6.54 Å². The van der Waals surface area contributed by atoms with Crippen molar-refractivity contribution in [3.8, 4) is 0 Å². The predicted molar refractivity (Wildman–Crippen MR) is 61.3 cm³/mol. The molecule has 0 saturated carbocycles. The minimum atomic E-state index is 0.643. The van der Waals surface area contributed by atoms with Crippen LogP contribution >= 0.6 is 0 Å². The Morgan fingerprint density at radius 1 is 1.14 bits per heavy atom. The fraction of sp³-hybridized carbons (Fsp3) is 0.538. The van der Waals surface area contributed by atoms with Gasteiger partial charge in [-0.05, 0) is 35.1 Å². The SMILES string of the molecule is CC(C)C1=Cc2cc(C(C)C)cn2C1. The Balaban J connectivity index is 2.28. The van der Waals surface area contributed by atoms with Crippen LogP contribution in [-0.4, -0.2) is 4.57 Å². The highest BCUT2D eigenvalue weighted by atomic mass is 15.0. The molecule has 76 valence electrons. The van der Waals surface area contributed by atoms with Gasteiger partial charge in [-0.25, -0.2) is 0 Å². The Hall–Kier alpha value is -0.980. The second-order valence-electron chi connectivity index (χ2n) is 4.85. The van der Waals surface area contributed by atoms with Gasteiger partial charge < -0.3 is 4.57 Å². The Morgan fingerprint density at radius 2 is 1.86 bits per heavy atom. The maximum Gasteiger partial charge on any atom is 0.0441 e. The van der Waals surface area contributed by atoms with Crippen LogP contribution in [0.25, 0.3) is 6.08 Å². The summed E-state index contributed by atoms with van der Waals surface area (Å²) < 4.78 is 2.37. The van der Waals surface area contributed by atoms with Crippen molar-refractivity contribution in [1.82, 2.24) is 4.57 Å². The summed E-state index contributed by atoms with van der Waals surface area (Å²) >= 11 is 0. The maximum absolute atomic E-state index is 2.37. The van der Waals surface area contributed by atoms with Gasteiger partial charge >= 0.3 is 0 Å². The van der Waals surface area contributed by atoms with Crippen LogP contribution in [0.5, 0.6) is 0 Å². The number of aromatic nitrogens is 1. The van der Waals surface area contributed by atoms with Crippen molar-refractivity contribution in [1.29, 1.82) is 0 Å². The summed E-state index contributed by atoms with van der Waals surface area (Å²) in [5.41, 5.74) is 4.40. The Bertz CT molecular complexity index is 367. The van der Waals surface area contributed by atoms with E-state index >= 15 is 0 Å². The number of hydrogen-bond donors (Lipinski definition) is 0. The van der Waals surface area contributed by atoms with E-state index in [-0.39, 0.29) is 0 Å². The number of hydrogen-bond acceptors (Lipinski definition) is 0. The maximum atomic E-state index is 2.37. The van der Waals surface area contributed by atoms with Crippen LogP contribution in [0.1, 0.15) is 44.9 Å². The Labute approximate surface area is 86.4 Å². The zero-order chi connectivity index (χ0) is 10.3. The highest BCUT2D eigenvalue weighted by Crippen LogP contribution is 2.28. The van der Waals surface area contributed by atoms with Gasteiger partial charge in [-0.3, -0.25) is 0 Å². The minimum Gasteiger partial charge on any atom is -0.344 e. The minimum absolute atomic E-state index is 0.643. The highest BCUT2D eigenvalue weighted by molar-refractivity contribution is 5.56.